The fourth-order valence-corrected chi connectivity index (χ4v) is 3.24. The molecule has 150 valence electrons. The van der Waals surface area contributed by atoms with Crippen LogP contribution in [-0.4, -0.2) is 11.8 Å². The highest BCUT2D eigenvalue weighted by Gasteiger charge is 2.12. The molecule has 2 N–H and O–H groups in total. The molecule has 0 saturated heterocycles. The number of fused-ring (bicyclic) bond motifs is 1. The lowest BCUT2D eigenvalue weighted by Crippen LogP contribution is -2.24. The van der Waals surface area contributed by atoms with Crippen molar-refractivity contribution in [3.05, 3.63) is 101 Å². The van der Waals surface area contributed by atoms with Crippen LogP contribution in [0.4, 0.5) is 5.69 Å². The predicted molar refractivity (Wildman–Crippen MR) is 117 cm³/mol. The third-order valence-corrected chi connectivity index (χ3v) is 4.96. The lowest BCUT2D eigenvalue weighted by molar-refractivity contribution is -0.120. The zero-order valence-electron chi connectivity index (χ0n) is 16.6. The summed E-state index contributed by atoms with van der Waals surface area (Å²) in [6.45, 7) is 2.54. The zero-order valence-corrected chi connectivity index (χ0v) is 16.6. The van der Waals surface area contributed by atoms with Gasteiger partial charge in [-0.15, -0.1) is 0 Å². The number of aryl methyl sites for hydroxylation is 1. The molecule has 0 unspecified atom stereocenters. The van der Waals surface area contributed by atoms with Gasteiger partial charge >= 0.3 is 0 Å². The Morgan fingerprint density at radius 3 is 2.40 bits per heavy atom. The number of para-hydroxylation sites is 1. The van der Waals surface area contributed by atoms with Gasteiger partial charge in [0.05, 0.1) is 6.42 Å². The highest BCUT2D eigenvalue weighted by Crippen LogP contribution is 2.20. The van der Waals surface area contributed by atoms with Gasteiger partial charge in [-0.1, -0.05) is 54.6 Å². The van der Waals surface area contributed by atoms with E-state index in [-0.39, 0.29) is 24.0 Å². The highest BCUT2D eigenvalue weighted by atomic mass is 16.3. The van der Waals surface area contributed by atoms with Gasteiger partial charge in [0.15, 0.2) is 5.76 Å². The number of rotatable bonds is 6. The number of hydrogen-bond acceptors (Lipinski definition) is 3. The Labute approximate surface area is 174 Å². The maximum Gasteiger partial charge on any atom is 0.291 e. The van der Waals surface area contributed by atoms with Crippen LogP contribution in [0.3, 0.4) is 0 Å². The summed E-state index contributed by atoms with van der Waals surface area (Å²) in [4.78, 5) is 24.7. The summed E-state index contributed by atoms with van der Waals surface area (Å²) >= 11 is 0. The van der Waals surface area contributed by atoms with Crippen LogP contribution in [0.5, 0.6) is 0 Å². The third-order valence-electron chi connectivity index (χ3n) is 4.96. The van der Waals surface area contributed by atoms with Crippen molar-refractivity contribution >= 4 is 28.5 Å². The van der Waals surface area contributed by atoms with E-state index < -0.39 is 0 Å². The molecule has 0 fully saturated rings. The van der Waals surface area contributed by atoms with Gasteiger partial charge < -0.3 is 15.1 Å². The summed E-state index contributed by atoms with van der Waals surface area (Å²) < 4.78 is 5.59. The van der Waals surface area contributed by atoms with Crippen LogP contribution in [0.25, 0.3) is 11.0 Å². The number of amides is 2. The zero-order chi connectivity index (χ0) is 20.9. The third kappa shape index (κ3) is 4.58. The molecule has 5 nitrogen and oxygen atoms in total. The van der Waals surface area contributed by atoms with Crippen molar-refractivity contribution in [1.29, 1.82) is 0 Å². The van der Waals surface area contributed by atoms with Gasteiger partial charge in [0.1, 0.15) is 5.58 Å². The maximum absolute atomic E-state index is 12.4. The molecule has 3 aromatic carbocycles. The number of furan rings is 1. The molecule has 0 bridgehead atoms. The fourth-order valence-electron chi connectivity index (χ4n) is 3.24. The monoisotopic (exact) mass is 398 g/mol. The molecule has 5 heteroatoms. The second-order valence-electron chi connectivity index (χ2n) is 7.18. The molecule has 4 aromatic rings. The van der Waals surface area contributed by atoms with E-state index >= 15 is 0 Å². The van der Waals surface area contributed by atoms with Crippen molar-refractivity contribution in [3.63, 3.8) is 0 Å². The number of carbonyl (C=O) groups excluding carboxylic acids is 2. The summed E-state index contributed by atoms with van der Waals surface area (Å²) in [6, 6.07) is 24.4. The van der Waals surface area contributed by atoms with Gasteiger partial charge in [-0.05, 0) is 47.9 Å². The topological polar surface area (TPSA) is 71.3 Å². The van der Waals surface area contributed by atoms with E-state index in [1.165, 1.54) is 0 Å². The number of benzene rings is 3. The van der Waals surface area contributed by atoms with Gasteiger partial charge in [-0.25, -0.2) is 0 Å². The highest BCUT2D eigenvalue weighted by molar-refractivity contribution is 6.04. The number of anilines is 1. The van der Waals surface area contributed by atoms with Gasteiger partial charge in [0.25, 0.3) is 5.91 Å². The molecule has 0 radical (unpaired) electrons. The maximum atomic E-state index is 12.4. The van der Waals surface area contributed by atoms with Crippen LogP contribution in [0.2, 0.25) is 0 Å². The van der Waals surface area contributed by atoms with Gasteiger partial charge in [0.2, 0.25) is 5.91 Å². The average molecular weight is 398 g/mol. The number of carbonyl (C=O) groups is 2. The smallest absolute Gasteiger partial charge is 0.291 e. The Morgan fingerprint density at radius 2 is 1.63 bits per heavy atom. The first-order chi connectivity index (χ1) is 14.6. The normalized spacial score (nSPS) is 10.7. The Morgan fingerprint density at radius 1 is 0.900 bits per heavy atom. The summed E-state index contributed by atoms with van der Waals surface area (Å²) in [5, 5.41) is 6.65. The van der Waals surface area contributed by atoms with Gasteiger partial charge in [-0.2, -0.15) is 0 Å². The Balaban J connectivity index is 1.32. The summed E-state index contributed by atoms with van der Waals surface area (Å²) in [5.41, 5.74) is 4.45. The van der Waals surface area contributed by atoms with Crippen LogP contribution < -0.4 is 10.6 Å². The largest absolute Gasteiger partial charge is 0.451 e. The molecule has 0 atom stereocenters. The molecule has 4 rings (SSSR count). The minimum Gasteiger partial charge on any atom is -0.451 e. The molecule has 0 aliphatic carbocycles. The van der Waals surface area contributed by atoms with Crippen LogP contribution in [0.15, 0.2) is 83.3 Å². The van der Waals surface area contributed by atoms with Crippen LogP contribution >= 0.6 is 0 Å². The molecule has 0 aliphatic heterocycles. The van der Waals surface area contributed by atoms with Crippen LogP contribution in [0, 0.1) is 6.92 Å². The Bertz CT molecular complexity index is 1160. The van der Waals surface area contributed by atoms with E-state index in [2.05, 4.69) is 10.6 Å². The lowest BCUT2D eigenvalue weighted by Gasteiger charge is -2.08. The van der Waals surface area contributed by atoms with Crippen molar-refractivity contribution in [3.8, 4) is 0 Å². The van der Waals surface area contributed by atoms with Crippen LogP contribution in [0.1, 0.15) is 27.2 Å². The van der Waals surface area contributed by atoms with Crippen molar-refractivity contribution in [2.24, 2.45) is 0 Å². The molecule has 0 spiro atoms. The Hall–Kier alpha value is -3.86. The van der Waals surface area contributed by atoms with E-state index in [0.717, 1.165) is 22.1 Å². The molecule has 2 amide bonds. The van der Waals surface area contributed by atoms with E-state index in [1.54, 1.807) is 18.2 Å². The minimum atomic E-state index is -0.310. The fraction of sp³-hybridized carbons (Fsp3) is 0.120. The molecular weight excluding hydrogens is 376 g/mol. The van der Waals surface area contributed by atoms with Gasteiger partial charge in [-0.3, -0.25) is 9.59 Å². The Kier molecular flexibility index (Phi) is 5.61. The summed E-state index contributed by atoms with van der Waals surface area (Å²) in [5.74, 6) is -0.0944. The molecule has 1 aromatic heterocycles. The minimum absolute atomic E-state index is 0.0442. The van der Waals surface area contributed by atoms with Crippen molar-refractivity contribution in [1.82, 2.24) is 5.32 Å². The molecule has 0 aliphatic rings. The van der Waals surface area contributed by atoms with Gasteiger partial charge in [0, 0.05) is 17.6 Å². The quantitative estimate of drug-likeness (QED) is 0.488. The summed E-state index contributed by atoms with van der Waals surface area (Å²) in [7, 11) is 0. The van der Waals surface area contributed by atoms with E-state index in [9.17, 15) is 9.59 Å². The molecular formula is C25H22N2O3. The first kappa shape index (κ1) is 19.5. The van der Waals surface area contributed by atoms with Crippen molar-refractivity contribution < 1.29 is 14.0 Å². The van der Waals surface area contributed by atoms with Crippen LogP contribution in [-0.2, 0) is 17.8 Å². The number of hydrogen-bond donors (Lipinski definition) is 2. The molecule has 30 heavy (non-hydrogen) atoms. The predicted octanol–water partition coefficient (Wildman–Crippen LogP) is 4.85. The SMILES string of the molecule is Cc1ccccc1CNC(=O)Cc1ccc(NC(=O)c2cc3ccccc3o2)cc1. The van der Waals surface area contributed by atoms with Crippen molar-refractivity contribution in [2.75, 3.05) is 5.32 Å². The van der Waals surface area contributed by atoms with E-state index in [0.29, 0.717) is 17.8 Å². The van der Waals surface area contributed by atoms with E-state index in [1.807, 2.05) is 67.6 Å². The first-order valence-electron chi connectivity index (χ1n) is 9.78. The second kappa shape index (κ2) is 8.66. The summed E-state index contributed by atoms with van der Waals surface area (Å²) in [6.07, 6.45) is 0.281. The lowest BCUT2D eigenvalue weighted by atomic mass is 10.1. The number of nitrogens with one attached hydrogen (secondary N) is 2. The molecule has 1 heterocycles. The second-order valence-corrected chi connectivity index (χ2v) is 7.18. The van der Waals surface area contributed by atoms with E-state index in [4.69, 9.17) is 4.42 Å². The standard InChI is InChI=1S/C25H22N2O3/c1-17-6-2-3-8-20(17)16-26-24(28)14-18-10-12-21(13-11-18)27-25(29)23-15-19-7-4-5-9-22(19)30-23/h2-13,15H,14,16H2,1H3,(H,26,28)(H,27,29). The van der Waals surface area contributed by atoms with Crippen molar-refractivity contribution in [2.45, 2.75) is 19.9 Å². The molecule has 0 saturated carbocycles. The average Bonchev–Trinajstić information content (AvgIpc) is 3.19. The first-order valence-corrected chi connectivity index (χ1v) is 9.78.